The zero-order chi connectivity index (χ0) is 24.2. The van der Waals surface area contributed by atoms with Gasteiger partial charge in [-0.1, -0.05) is 79.7 Å². The molecule has 178 valence electrons. The highest BCUT2D eigenvalue weighted by Crippen LogP contribution is 2.46. The van der Waals surface area contributed by atoms with Crippen LogP contribution in [0.5, 0.6) is 0 Å². The van der Waals surface area contributed by atoms with Gasteiger partial charge in [-0.3, -0.25) is 14.4 Å². The minimum absolute atomic E-state index is 0.151. The van der Waals surface area contributed by atoms with E-state index in [-0.39, 0.29) is 30.2 Å². The summed E-state index contributed by atoms with van der Waals surface area (Å²) in [5.41, 5.74) is 1.69. The van der Waals surface area contributed by atoms with Gasteiger partial charge in [-0.25, -0.2) is 0 Å². The number of carbonyl (C=O) groups is 3. The Bertz CT molecular complexity index is 1060. The lowest BCUT2D eigenvalue weighted by atomic mass is 9.70. The van der Waals surface area contributed by atoms with Gasteiger partial charge in [0.15, 0.2) is 0 Å². The minimum atomic E-state index is -0.838. The molecule has 1 heterocycles. The van der Waals surface area contributed by atoms with Crippen LogP contribution in [-0.2, 0) is 20.9 Å². The van der Waals surface area contributed by atoms with E-state index in [9.17, 15) is 19.5 Å². The van der Waals surface area contributed by atoms with E-state index in [0.717, 1.165) is 11.1 Å². The molecule has 6 atom stereocenters. The number of likely N-dealkylation sites (tertiary alicyclic amines) is 1. The number of allylic oxidation sites excluding steroid dienone is 1. The number of rotatable bonds is 7. The first-order valence-corrected chi connectivity index (χ1v) is 11.7. The third kappa shape index (κ3) is 4.35. The maximum absolute atomic E-state index is 13.9. The Morgan fingerprint density at radius 3 is 2.26 bits per heavy atom. The SMILES string of the molecule is CNC(=O)[C@H]1[C@H]2C(=O)N([C@H](CO)c3ccccc3)[C@H](C(=O)NCc3ccccc3)[C@H]2C=C[C@H]1C. The lowest BCUT2D eigenvalue weighted by Crippen LogP contribution is -2.49. The topological polar surface area (TPSA) is 98.7 Å². The Balaban J connectivity index is 1.72. The second kappa shape index (κ2) is 10.2. The van der Waals surface area contributed by atoms with Gasteiger partial charge in [-0.15, -0.1) is 0 Å². The zero-order valence-corrected chi connectivity index (χ0v) is 19.4. The number of benzene rings is 2. The fourth-order valence-electron chi connectivity index (χ4n) is 5.36. The van der Waals surface area contributed by atoms with Gasteiger partial charge < -0.3 is 20.6 Å². The molecule has 3 N–H and O–H groups in total. The van der Waals surface area contributed by atoms with E-state index >= 15 is 0 Å². The van der Waals surface area contributed by atoms with Gasteiger partial charge in [0.25, 0.3) is 0 Å². The van der Waals surface area contributed by atoms with Gasteiger partial charge >= 0.3 is 0 Å². The van der Waals surface area contributed by atoms with E-state index in [2.05, 4.69) is 10.6 Å². The first-order chi connectivity index (χ1) is 16.5. The number of hydrogen-bond donors (Lipinski definition) is 3. The summed E-state index contributed by atoms with van der Waals surface area (Å²) in [6.45, 7) is 1.90. The Kier molecular flexibility index (Phi) is 7.12. The fraction of sp³-hybridized carbons (Fsp3) is 0.370. The van der Waals surface area contributed by atoms with Crippen molar-refractivity contribution in [2.75, 3.05) is 13.7 Å². The predicted octanol–water partition coefficient (Wildman–Crippen LogP) is 2.05. The molecular weight excluding hydrogens is 430 g/mol. The molecule has 2 aromatic carbocycles. The van der Waals surface area contributed by atoms with Crippen LogP contribution < -0.4 is 10.6 Å². The summed E-state index contributed by atoms with van der Waals surface area (Å²) in [6.07, 6.45) is 3.82. The molecule has 0 bridgehead atoms. The normalized spacial score (nSPS) is 26.6. The monoisotopic (exact) mass is 461 g/mol. The third-order valence-electron chi connectivity index (χ3n) is 7.03. The Hall–Kier alpha value is -3.45. The second-order valence-electron chi connectivity index (χ2n) is 8.99. The number of carbonyl (C=O) groups excluding carboxylic acids is 3. The largest absolute Gasteiger partial charge is 0.394 e. The zero-order valence-electron chi connectivity index (χ0n) is 19.4. The van der Waals surface area contributed by atoms with E-state index in [0.29, 0.717) is 6.54 Å². The summed E-state index contributed by atoms with van der Waals surface area (Å²) >= 11 is 0. The van der Waals surface area contributed by atoms with Crippen molar-refractivity contribution in [2.24, 2.45) is 23.7 Å². The summed E-state index contributed by atoms with van der Waals surface area (Å²) in [7, 11) is 1.56. The molecule has 0 spiro atoms. The standard InChI is InChI=1S/C27H31N3O4/c1-17-13-14-20-23(22(17)25(32)28-2)27(34)30(21(16-31)19-11-7-4-8-12-19)24(20)26(33)29-15-18-9-5-3-6-10-18/h3-14,17,20-24,31H,15-16H2,1-2H3,(H,28,32)(H,29,33)/t17-,20+,21-,22-,23+,24+/m1/s1. The van der Waals surface area contributed by atoms with Gasteiger partial charge in [-0.05, 0) is 17.0 Å². The third-order valence-corrected chi connectivity index (χ3v) is 7.03. The van der Waals surface area contributed by atoms with E-state index in [1.54, 1.807) is 7.05 Å². The van der Waals surface area contributed by atoms with Crippen LogP contribution in [0, 0.1) is 23.7 Å². The summed E-state index contributed by atoms with van der Waals surface area (Å²) in [4.78, 5) is 41.8. The average molecular weight is 462 g/mol. The lowest BCUT2D eigenvalue weighted by Gasteiger charge is -2.33. The lowest BCUT2D eigenvalue weighted by molar-refractivity contribution is -0.143. The van der Waals surface area contributed by atoms with Gasteiger partial charge in [0.05, 0.1) is 24.5 Å². The van der Waals surface area contributed by atoms with Crippen LogP contribution >= 0.6 is 0 Å². The highest BCUT2D eigenvalue weighted by molar-refractivity contribution is 5.97. The van der Waals surface area contributed by atoms with Crippen LogP contribution in [0.1, 0.15) is 24.1 Å². The number of fused-ring (bicyclic) bond motifs is 1. The Labute approximate surface area is 199 Å². The number of nitrogens with one attached hydrogen (secondary N) is 2. The van der Waals surface area contributed by atoms with Crippen molar-refractivity contribution in [1.29, 1.82) is 0 Å². The number of aliphatic hydroxyl groups excluding tert-OH is 1. The Morgan fingerprint density at radius 1 is 1.00 bits per heavy atom. The van der Waals surface area contributed by atoms with Crippen molar-refractivity contribution in [2.45, 2.75) is 25.6 Å². The van der Waals surface area contributed by atoms with E-state index in [1.165, 1.54) is 4.90 Å². The molecule has 2 aliphatic rings. The number of nitrogens with zero attached hydrogens (tertiary/aromatic N) is 1. The summed E-state index contributed by atoms with van der Waals surface area (Å²) in [6, 6.07) is 17.2. The van der Waals surface area contributed by atoms with Gasteiger partial charge in [0.1, 0.15) is 6.04 Å². The molecule has 2 aromatic rings. The molecule has 34 heavy (non-hydrogen) atoms. The maximum atomic E-state index is 13.9. The molecule has 0 radical (unpaired) electrons. The molecule has 4 rings (SSSR count). The van der Waals surface area contributed by atoms with Crippen molar-refractivity contribution in [3.05, 3.63) is 83.9 Å². The molecule has 0 aromatic heterocycles. The minimum Gasteiger partial charge on any atom is -0.394 e. The smallest absolute Gasteiger partial charge is 0.243 e. The highest BCUT2D eigenvalue weighted by Gasteiger charge is 2.58. The summed E-state index contributed by atoms with van der Waals surface area (Å²) in [5.74, 6) is -2.68. The molecular formula is C27H31N3O4. The van der Waals surface area contributed by atoms with E-state index in [4.69, 9.17) is 0 Å². The first kappa shape index (κ1) is 23.7. The average Bonchev–Trinajstić information content (AvgIpc) is 3.16. The van der Waals surface area contributed by atoms with Crippen LogP contribution in [0.25, 0.3) is 0 Å². The molecule has 1 fully saturated rings. The Morgan fingerprint density at radius 2 is 1.65 bits per heavy atom. The van der Waals surface area contributed by atoms with Crippen LogP contribution in [0.15, 0.2) is 72.8 Å². The molecule has 1 aliphatic heterocycles. The molecule has 7 heteroatoms. The van der Waals surface area contributed by atoms with Gasteiger partial charge in [0, 0.05) is 19.5 Å². The van der Waals surface area contributed by atoms with Crippen molar-refractivity contribution >= 4 is 17.7 Å². The molecule has 0 unspecified atom stereocenters. The second-order valence-corrected chi connectivity index (χ2v) is 8.99. The van der Waals surface area contributed by atoms with Crippen molar-refractivity contribution in [3.63, 3.8) is 0 Å². The van der Waals surface area contributed by atoms with Gasteiger partial charge in [0.2, 0.25) is 17.7 Å². The number of amides is 3. The maximum Gasteiger partial charge on any atom is 0.243 e. The fourth-order valence-corrected chi connectivity index (χ4v) is 5.36. The van der Waals surface area contributed by atoms with Crippen LogP contribution in [0.2, 0.25) is 0 Å². The van der Waals surface area contributed by atoms with Gasteiger partial charge in [-0.2, -0.15) is 0 Å². The molecule has 3 amide bonds. The number of hydrogen-bond acceptors (Lipinski definition) is 4. The first-order valence-electron chi connectivity index (χ1n) is 11.7. The summed E-state index contributed by atoms with van der Waals surface area (Å²) < 4.78 is 0. The molecule has 0 saturated carbocycles. The predicted molar refractivity (Wildman–Crippen MR) is 128 cm³/mol. The van der Waals surface area contributed by atoms with Crippen LogP contribution in [-0.4, -0.2) is 47.4 Å². The quantitative estimate of drug-likeness (QED) is 0.550. The van der Waals surface area contributed by atoms with E-state index < -0.39 is 29.8 Å². The van der Waals surface area contributed by atoms with Crippen molar-refractivity contribution in [3.8, 4) is 0 Å². The van der Waals surface area contributed by atoms with E-state index in [1.807, 2.05) is 79.7 Å². The van der Waals surface area contributed by atoms with Crippen LogP contribution in [0.3, 0.4) is 0 Å². The molecule has 7 nitrogen and oxygen atoms in total. The number of aliphatic hydroxyl groups is 1. The molecule has 1 aliphatic carbocycles. The van der Waals surface area contributed by atoms with Crippen molar-refractivity contribution in [1.82, 2.24) is 15.5 Å². The van der Waals surface area contributed by atoms with Crippen molar-refractivity contribution < 1.29 is 19.5 Å². The molecule has 1 saturated heterocycles. The van der Waals surface area contributed by atoms with Crippen LogP contribution in [0.4, 0.5) is 0 Å². The summed E-state index contributed by atoms with van der Waals surface area (Å²) in [5, 5.41) is 16.0. The highest BCUT2D eigenvalue weighted by atomic mass is 16.3.